The van der Waals surface area contributed by atoms with Gasteiger partial charge in [-0.25, -0.2) is 0 Å². The van der Waals surface area contributed by atoms with Gasteiger partial charge in [-0.1, -0.05) is 6.92 Å². The molecule has 0 aromatic heterocycles. The number of nitrogens with one attached hydrogen (secondary N) is 1. The first-order chi connectivity index (χ1) is 8.52. The molecule has 1 saturated heterocycles. The second kappa shape index (κ2) is 7.71. The van der Waals surface area contributed by atoms with Crippen molar-refractivity contribution >= 4 is 5.91 Å². The fourth-order valence-electron chi connectivity index (χ4n) is 2.07. The summed E-state index contributed by atoms with van der Waals surface area (Å²) in [5.74, 6) is 0.169. The second-order valence-electron chi connectivity index (χ2n) is 5.31. The molecular weight excluding hydrogens is 230 g/mol. The van der Waals surface area contributed by atoms with Crippen molar-refractivity contribution in [3.05, 3.63) is 0 Å². The molecule has 1 unspecified atom stereocenters. The van der Waals surface area contributed by atoms with Crippen LogP contribution in [0.15, 0.2) is 0 Å². The minimum atomic E-state index is -0.238. The maximum absolute atomic E-state index is 11.6. The largest absolute Gasteiger partial charge is 0.392 e. The molecule has 1 aliphatic rings. The first-order valence-electron chi connectivity index (χ1n) is 6.86. The summed E-state index contributed by atoms with van der Waals surface area (Å²) >= 11 is 0. The van der Waals surface area contributed by atoms with Gasteiger partial charge < -0.3 is 15.3 Å². The van der Waals surface area contributed by atoms with Crippen molar-refractivity contribution in [3.8, 4) is 0 Å². The third-order valence-electron chi connectivity index (χ3n) is 3.56. The summed E-state index contributed by atoms with van der Waals surface area (Å²) in [4.78, 5) is 15.4. The monoisotopic (exact) mass is 257 g/mol. The van der Waals surface area contributed by atoms with E-state index in [1.807, 2.05) is 6.92 Å². The van der Waals surface area contributed by atoms with Crippen molar-refractivity contribution in [2.45, 2.75) is 38.3 Å². The zero-order valence-electron chi connectivity index (χ0n) is 11.9. The number of rotatable bonds is 6. The molecule has 1 aliphatic heterocycles. The molecule has 1 rings (SSSR count). The Balaban J connectivity index is 2.18. The standard InChI is InChI=1S/C13H27N3O2/c1-4-12(17)9-14-11-5-7-16(8-6-11)10-13(18)15(2)3/h11-12,14,17H,4-10H2,1-3H3. The van der Waals surface area contributed by atoms with Crippen molar-refractivity contribution in [2.75, 3.05) is 40.3 Å². The van der Waals surface area contributed by atoms with Gasteiger partial charge in [0.05, 0.1) is 12.6 Å². The highest BCUT2D eigenvalue weighted by Crippen LogP contribution is 2.10. The van der Waals surface area contributed by atoms with E-state index in [0.29, 0.717) is 19.1 Å². The Bertz CT molecular complexity index is 251. The lowest BCUT2D eigenvalue weighted by molar-refractivity contribution is -0.130. The highest BCUT2D eigenvalue weighted by atomic mass is 16.3. The van der Waals surface area contributed by atoms with Crippen LogP contribution >= 0.6 is 0 Å². The number of likely N-dealkylation sites (N-methyl/N-ethyl adjacent to an activating group) is 1. The number of piperidine rings is 1. The summed E-state index contributed by atoms with van der Waals surface area (Å²) in [7, 11) is 3.59. The van der Waals surface area contributed by atoms with E-state index in [0.717, 1.165) is 32.4 Å². The van der Waals surface area contributed by atoms with Crippen LogP contribution in [0.4, 0.5) is 0 Å². The summed E-state index contributed by atoms with van der Waals surface area (Å²) in [5.41, 5.74) is 0. The molecule has 5 nitrogen and oxygen atoms in total. The van der Waals surface area contributed by atoms with Crippen LogP contribution in [0.5, 0.6) is 0 Å². The minimum Gasteiger partial charge on any atom is -0.392 e. The number of likely N-dealkylation sites (tertiary alicyclic amines) is 1. The van der Waals surface area contributed by atoms with E-state index >= 15 is 0 Å². The maximum atomic E-state index is 11.6. The lowest BCUT2D eigenvalue weighted by Gasteiger charge is -2.32. The fraction of sp³-hybridized carbons (Fsp3) is 0.923. The predicted octanol–water partition coefficient (Wildman–Crippen LogP) is -0.100. The molecule has 1 fully saturated rings. The van der Waals surface area contributed by atoms with Crippen molar-refractivity contribution in [2.24, 2.45) is 0 Å². The van der Waals surface area contributed by atoms with Gasteiger partial charge >= 0.3 is 0 Å². The molecular formula is C13H27N3O2. The van der Waals surface area contributed by atoms with E-state index in [9.17, 15) is 9.90 Å². The van der Waals surface area contributed by atoms with Crippen molar-refractivity contribution in [1.29, 1.82) is 0 Å². The lowest BCUT2D eigenvalue weighted by atomic mass is 10.0. The van der Waals surface area contributed by atoms with Crippen LogP contribution < -0.4 is 5.32 Å². The summed E-state index contributed by atoms with van der Waals surface area (Å²) < 4.78 is 0. The molecule has 1 amide bonds. The van der Waals surface area contributed by atoms with Gasteiger partial charge in [0.2, 0.25) is 5.91 Å². The molecule has 0 spiro atoms. The topological polar surface area (TPSA) is 55.8 Å². The SMILES string of the molecule is CCC(O)CNC1CCN(CC(=O)N(C)C)CC1. The molecule has 1 atom stereocenters. The fourth-order valence-corrected chi connectivity index (χ4v) is 2.07. The summed E-state index contributed by atoms with van der Waals surface area (Å²) in [6.07, 6.45) is 2.66. The molecule has 18 heavy (non-hydrogen) atoms. The average Bonchev–Trinajstić information content (AvgIpc) is 2.37. The van der Waals surface area contributed by atoms with Crippen molar-refractivity contribution < 1.29 is 9.90 Å². The summed E-state index contributed by atoms with van der Waals surface area (Å²) in [6.45, 7) is 5.11. The quantitative estimate of drug-likeness (QED) is 0.698. The average molecular weight is 257 g/mol. The Morgan fingerprint density at radius 2 is 2.06 bits per heavy atom. The number of hydrogen-bond donors (Lipinski definition) is 2. The van der Waals surface area contributed by atoms with E-state index in [-0.39, 0.29) is 12.0 Å². The molecule has 0 aromatic rings. The molecule has 0 bridgehead atoms. The van der Waals surface area contributed by atoms with Crippen LogP contribution in [0, 0.1) is 0 Å². The molecule has 5 heteroatoms. The normalized spacial score (nSPS) is 19.8. The first kappa shape index (κ1) is 15.4. The molecule has 0 aromatic carbocycles. The number of carbonyl (C=O) groups excluding carboxylic acids is 1. The maximum Gasteiger partial charge on any atom is 0.236 e. The Hall–Kier alpha value is -0.650. The zero-order chi connectivity index (χ0) is 13.5. The van der Waals surface area contributed by atoms with Gasteiger partial charge in [0, 0.05) is 39.8 Å². The lowest BCUT2D eigenvalue weighted by Crippen LogP contribution is -2.47. The number of carbonyl (C=O) groups is 1. The van der Waals surface area contributed by atoms with Crippen LogP contribution in [-0.4, -0.2) is 73.2 Å². The number of nitrogens with zero attached hydrogens (tertiary/aromatic N) is 2. The molecule has 0 radical (unpaired) electrons. The van der Waals surface area contributed by atoms with Gasteiger partial charge in [0.1, 0.15) is 0 Å². The van der Waals surface area contributed by atoms with Crippen LogP contribution in [-0.2, 0) is 4.79 Å². The van der Waals surface area contributed by atoms with E-state index < -0.39 is 0 Å². The van der Waals surface area contributed by atoms with E-state index in [2.05, 4.69) is 10.2 Å². The van der Waals surface area contributed by atoms with Gasteiger partial charge in [-0.15, -0.1) is 0 Å². The van der Waals surface area contributed by atoms with Crippen molar-refractivity contribution in [1.82, 2.24) is 15.1 Å². The van der Waals surface area contributed by atoms with Gasteiger partial charge in [-0.3, -0.25) is 9.69 Å². The third kappa shape index (κ3) is 5.33. The predicted molar refractivity (Wildman–Crippen MR) is 72.5 cm³/mol. The number of aliphatic hydroxyl groups excluding tert-OH is 1. The van der Waals surface area contributed by atoms with Gasteiger partial charge in [-0.05, 0) is 19.3 Å². The summed E-state index contributed by atoms with van der Waals surface area (Å²) in [6, 6.07) is 0.483. The zero-order valence-corrected chi connectivity index (χ0v) is 11.9. The van der Waals surface area contributed by atoms with E-state index in [4.69, 9.17) is 0 Å². The Labute approximate surface area is 110 Å². The van der Waals surface area contributed by atoms with Gasteiger partial charge in [0.15, 0.2) is 0 Å². The highest BCUT2D eigenvalue weighted by molar-refractivity contribution is 5.77. The third-order valence-corrected chi connectivity index (χ3v) is 3.56. The molecule has 2 N–H and O–H groups in total. The van der Waals surface area contributed by atoms with Crippen molar-refractivity contribution in [3.63, 3.8) is 0 Å². The van der Waals surface area contributed by atoms with Gasteiger partial charge in [0.25, 0.3) is 0 Å². The number of aliphatic hydroxyl groups is 1. The Morgan fingerprint density at radius 1 is 1.44 bits per heavy atom. The highest BCUT2D eigenvalue weighted by Gasteiger charge is 2.21. The second-order valence-corrected chi connectivity index (χ2v) is 5.31. The smallest absolute Gasteiger partial charge is 0.236 e. The van der Waals surface area contributed by atoms with Crippen LogP contribution in [0.25, 0.3) is 0 Å². The first-order valence-corrected chi connectivity index (χ1v) is 6.86. The molecule has 1 heterocycles. The van der Waals surface area contributed by atoms with Crippen LogP contribution in [0.2, 0.25) is 0 Å². The van der Waals surface area contributed by atoms with E-state index in [1.54, 1.807) is 19.0 Å². The van der Waals surface area contributed by atoms with Crippen LogP contribution in [0.1, 0.15) is 26.2 Å². The van der Waals surface area contributed by atoms with Gasteiger partial charge in [-0.2, -0.15) is 0 Å². The van der Waals surface area contributed by atoms with E-state index in [1.165, 1.54) is 0 Å². The number of amides is 1. The molecule has 0 saturated carbocycles. The molecule has 0 aliphatic carbocycles. The van der Waals surface area contributed by atoms with Crippen LogP contribution in [0.3, 0.4) is 0 Å². The Morgan fingerprint density at radius 3 is 2.56 bits per heavy atom. The summed E-state index contributed by atoms with van der Waals surface area (Å²) in [5, 5.41) is 12.9. The molecule has 106 valence electrons. The Kier molecular flexibility index (Phi) is 6.60. The number of hydrogen-bond acceptors (Lipinski definition) is 4. The minimum absolute atomic E-state index is 0.169.